The van der Waals surface area contributed by atoms with Crippen molar-refractivity contribution in [3.8, 4) is 0 Å². The Bertz CT molecular complexity index is 629. The Hall–Kier alpha value is -2.08. The first-order valence-electron chi connectivity index (χ1n) is 5.23. The Labute approximate surface area is 112 Å². The summed E-state index contributed by atoms with van der Waals surface area (Å²) in [7, 11) is 0. The number of hydrogen-bond acceptors (Lipinski definition) is 3. The van der Waals surface area contributed by atoms with Gasteiger partial charge in [0.05, 0.1) is 11.3 Å². The molecule has 0 aliphatic rings. The normalized spacial score (nSPS) is 10.3. The number of carbonyl (C=O) groups is 1. The third kappa shape index (κ3) is 2.68. The van der Waals surface area contributed by atoms with Crippen molar-refractivity contribution in [3.63, 3.8) is 0 Å². The lowest BCUT2D eigenvalue weighted by molar-refractivity contribution is 0.102. The molecule has 2 aromatic rings. The van der Waals surface area contributed by atoms with E-state index in [1.165, 1.54) is 6.20 Å². The van der Waals surface area contributed by atoms with Crippen molar-refractivity contribution in [2.75, 3.05) is 5.32 Å². The molecule has 2 heterocycles. The number of aryl methyl sites for hydroxylation is 1. The van der Waals surface area contributed by atoms with Gasteiger partial charge >= 0.3 is 0 Å². The fourth-order valence-corrected chi connectivity index (χ4v) is 1.70. The zero-order valence-corrected chi connectivity index (χ0v) is 10.5. The minimum Gasteiger partial charge on any atom is -0.319 e. The Morgan fingerprint density at radius 2 is 1.95 bits per heavy atom. The lowest BCUT2D eigenvalue weighted by Crippen LogP contribution is -2.16. The number of aromatic nitrogens is 2. The molecular formula is C12H8ClF2N3O. The molecular weight excluding hydrogens is 276 g/mol. The first-order chi connectivity index (χ1) is 9.00. The summed E-state index contributed by atoms with van der Waals surface area (Å²) in [4.78, 5) is 18.8. The molecule has 98 valence electrons. The fourth-order valence-electron chi connectivity index (χ4n) is 1.45. The van der Waals surface area contributed by atoms with Crippen molar-refractivity contribution in [1.82, 2.24) is 9.97 Å². The van der Waals surface area contributed by atoms with Gasteiger partial charge in [-0.15, -0.1) is 0 Å². The SMILES string of the molecule is Cc1ccnc(Cl)c1NC(=O)c1ccnc(F)c1F. The van der Waals surface area contributed by atoms with Crippen molar-refractivity contribution in [1.29, 1.82) is 0 Å². The number of pyridine rings is 2. The number of amides is 1. The molecule has 0 bridgehead atoms. The topological polar surface area (TPSA) is 54.9 Å². The monoisotopic (exact) mass is 283 g/mol. The maximum absolute atomic E-state index is 13.4. The van der Waals surface area contributed by atoms with Gasteiger partial charge in [0.15, 0.2) is 11.0 Å². The molecule has 0 radical (unpaired) electrons. The van der Waals surface area contributed by atoms with Crippen LogP contribution in [0, 0.1) is 18.7 Å². The number of rotatable bonds is 2. The molecule has 2 aromatic heterocycles. The largest absolute Gasteiger partial charge is 0.319 e. The Morgan fingerprint density at radius 3 is 2.63 bits per heavy atom. The van der Waals surface area contributed by atoms with Crippen molar-refractivity contribution >= 4 is 23.2 Å². The zero-order valence-electron chi connectivity index (χ0n) is 9.75. The van der Waals surface area contributed by atoms with Gasteiger partial charge in [-0.3, -0.25) is 4.79 Å². The van der Waals surface area contributed by atoms with Gasteiger partial charge in [0, 0.05) is 12.4 Å². The van der Waals surface area contributed by atoms with E-state index < -0.39 is 23.2 Å². The molecule has 0 aliphatic carbocycles. The van der Waals surface area contributed by atoms with Gasteiger partial charge in [0.2, 0.25) is 5.95 Å². The molecule has 2 rings (SSSR count). The van der Waals surface area contributed by atoms with Gasteiger partial charge in [-0.1, -0.05) is 11.6 Å². The smallest absolute Gasteiger partial charge is 0.258 e. The van der Waals surface area contributed by atoms with Crippen LogP contribution in [0.25, 0.3) is 0 Å². The van der Waals surface area contributed by atoms with E-state index in [0.717, 1.165) is 12.3 Å². The van der Waals surface area contributed by atoms with E-state index in [1.54, 1.807) is 13.0 Å². The van der Waals surface area contributed by atoms with Gasteiger partial charge < -0.3 is 5.32 Å². The van der Waals surface area contributed by atoms with E-state index in [1.807, 2.05) is 0 Å². The summed E-state index contributed by atoms with van der Waals surface area (Å²) in [6.07, 6.45) is 2.48. The van der Waals surface area contributed by atoms with E-state index in [-0.39, 0.29) is 10.8 Å². The van der Waals surface area contributed by atoms with Crippen LogP contribution in [0.15, 0.2) is 24.5 Å². The second-order valence-corrected chi connectivity index (χ2v) is 4.07. The number of carbonyl (C=O) groups excluding carboxylic acids is 1. The third-order valence-electron chi connectivity index (χ3n) is 2.44. The lowest BCUT2D eigenvalue weighted by atomic mass is 10.2. The number of nitrogens with zero attached hydrogens (tertiary/aromatic N) is 2. The molecule has 7 heteroatoms. The first-order valence-corrected chi connectivity index (χ1v) is 5.61. The maximum Gasteiger partial charge on any atom is 0.258 e. The highest BCUT2D eigenvalue weighted by Gasteiger charge is 2.18. The summed E-state index contributed by atoms with van der Waals surface area (Å²) in [5.41, 5.74) is 0.459. The molecule has 19 heavy (non-hydrogen) atoms. The second-order valence-electron chi connectivity index (χ2n) is 3.71. The minimum absolute atomic E-state index is 0.0725. The predicted molar refractivity (Wildman–Crippen MR) is 66.1 cm³/mol. The predicted octanol–water partition coefficient (Wildman–Crippen LogP) is 2.97. The van der Waals surface area contributed by atoms with Gasteiger partial charge in [-0.2, -0.15) is 4.39 Å². The molecule has 0 spiro atoms. The summed E-state index contributed by atoms with van der Waals surface area (Å²) in [5, 5.41) is 2.47. The second kappa shape index (κ2) is 5.27. The Kier molecular flexibility index (Phi) is 3.71. The fraction of sp³-hybridized carbons (Fsp3) is 0.0833. The highest BCUT2D eigenvalue weighted by molar-refractivity contribution is 6.32. The molecule has 0 unspecified atom stereocenters. The third-order valence-corrected chi connectivity index (χ3v) is 2.73. The molecule has 0 saturated heterocycles. The van der Waals surface area contributed by atoms with Gasteiger partial charge in [0.1, 0.15) is 0 Å². The van der Waals surface area contributed by atoms with Crippen LogP contribution in [0.5, 0.6) is 0 Å². The number of hydrogen-bond donors (Lipinski definition) is 1. The molecule has 0 aliphatic heterocycles. The summed E-state index contributed by atoms with van der Waals surface area (Å²) < 4.78 is 26.3. The maximum atomic E-state index is 13.4. The van der Waals surface area contributed by atoms with E-state index in [9.17, 15) is 13.6 Å². The number of halogens is 3. The molecule has 4 nitrogen and oxygen atoms in total. The number of nitrogens with one attached hydrogen (secondary N) is 1. The van der Waals surface area contributed by atoms with Gasteiger partial charge in [-0.05, 0) is 24.6 Å². The van der Waals surface area contributed by atoms with E-state index in [2.05, 4.69) is 15.3 Å². The first kappa shape index (κ1) is 13.4. The summed E-state index contributed by atoms with van der Waals surface area (Å²) in [5.74, 6) is -3.46. The molecule has 1 amide bonds. The van der Waals surface area contributed by atoms with Crippen LogP contribution >= 0.6 is 11.6 Å². The van der Waals surface area contributed by atoms with E-state index in [0.29, 0.717) is 5.56 Å². The summed E-state index contributed by atoms with van der Waals surface area (Å²) in [6, 6.07) is 2.71. The van der Waals surface area contributed by atoms with Crippen LogP contribution in [0.4, 0.5) is 14.5 Å². The van der Waals surface area contributed by atoms with E-state index in [4.69, 9.17) is 11.6 Å². The quantitative estimate of drug-likeness (QED) is 0.862. The van der Waals surface area contributed by atoms with Crippen molar-refractivity contribution in [3.05, 3.63) is 52.6 Å². The average Bonchev–Trinajstić information content (AvgIpc) is 2.37. The van der Waals surface area contributed by atoms with Gasteiger partial charge in [0.25, 0.3) is 5.91 Å². The molecule has 0 aromatic carbocycles. The highest BCUT2D eigenvalue weighted by atomic mass is 35.5. The average molecular weight is 284 g/mol. The van der Waals surface area contributed by atoms with Crippen LogP contribution in [0.3, 0.4) is 0 Å². The van der Waals surface area contributed by atoms with E-state index >= 15 is 0 Å². The van der Waals surface area contributed by atoms with Crippen LogP contribution in [0.1, 0.15) is 15.9 Å². The van der Waals surface area contributed by atoms with Crippen LogP contribution in [-0.4, -0.2) is 15.9 Å². The zero-order chi connectivity index (χ0) is 14.0. The molecule has 0 fully saturated rings. The summed E-state index contributed by atoms with van der Waals surface area (Å²) >= 11 is 5.83. The van der Waals surface area contributed by atoms with Crippen molar-refractivity contribution < 1.29 is 13.6 Å². The Morgan fingerprint density at radius 1 is 1.26 bits per heavy atom. The van der Waals surface area contributed by atoms with Crippen LogP contribution < -0.4 is 5.32 Å². The van der Waals surface area contributed by atoms with Crippen LogP contribution in [-0.2, 0) is 0 Å². The number of anilines is 1. The molecule has 1 N–H and O–H groups in total. The van der Waals surface area contributed by atoms with Crippen LogP contribution in [0.2, 0.25) is 5.15 Å². The Balaban J connectivity index is 2.34. The van der Waals surface area contributed by atoms with Crippen molar-refractivity contribution in [2.45, 2.75) is 6.92 Å². The minimum atomic E-state index is -1.33. The highest BCUT2D eigenvalue weighted by Crippen LogP contribution is 2.23. The standard InChI is InChI=1S/C12H8ClF2N3O/c1-6-2-4-16-10(13)9(6)18-12(19)7-3-5-17-11(15)8(7)14/h2-5H,1H3,(H,18,19). The van der Waals surface area contributed by atoms with Crippen molar-refractivity contribution in [2.24, 2.45) is 0 Å². The molecule has 0 saturated carbocycles. The lowest BCUT2D eigenvalue weighted by Gasteiger charge is -2.09. The molecule has 0 atom stereocenters. The summed E-state index contributed by atoms with van der Waals surface area (Å²) in [6.45, 7) is 1.70. The van der Waals surface area contributed by atoms with Gasteiger partial charge in [-0.25, -0.2) is 14.4 Å².